The van der Waals surface area contributed by atoms with Crippen LogP contribution >= 0.6 is 0 Å². The van der Waals surface area contributed by atoms with Gasteiger partial charge < -0.3 is 10.2 Å². The van der Waals surface area contributed by atoms with Gasteiger partial charge in [0, 0.05) is 0 Å². The molecule has 2 heteroatoms. The third-order valence-corrected chi connectivity index (χ3v) is 4.83. The van der Waals surface area contributed by atoms with Crippen LogP contribution in [-0.2, 0) is 0 Å². The normalized spacial score (nSPS) is 17.1. The molecule has 0 aromatic rings. The van der Waals surface area contributed by atoms with Crippen molar-refractivity contribution < 1.29 is 0 Å². The van der Waals surface area contributed by atoms with E-state index in [-0.39, 0.29) is 0 Å². The van der Waals surface area contributed by atoms with Gasteiger partial charge in [0.1, 0.15) is 0 Å². The fourth-order valence-electron chi connectivity index (χ4n) is 2.84. The van der Waals surface area contributed by atoms with Gasteiger partial charge in [0.25, 0.3) is 0 Å². The van der Waals surface area contributed by atoms with E-state index in [4.69, 9.17) is 0 Å². The van der Waals surface area contributed by atoms with E-state index in [1.807, 2.05) is 0 Å². The van der Waals surface area contributed by atoms with E-state index >= 15 is 0 Å². The molecule has 0 amide bonds. The van der Waals surface area contributed by atoms with Crippen molar-refractivity contribution in [3.05, 3.63) is 0 Å². The second-order valence-corrected chi connectivity index (χ2v) is 9.63. The molecule has 0 aliphatic carbocycles. The lowest BCUT2D eigenvalue weighted by atomic mass is 9.84. The van der Waals surface area contributed by atoms with Crippen molar-refractivity contribution in [2.75, 3.05) is 32.7 Å². The number of nitrogens with zero attached hydrogens (tertiary/aromatic N) is 1. The fourth-order valence-corrected chi connectivity index (χ4v) is 2.84. The summed E-state index contributed by atoms with van der Waals surface area (Å²) < 4.78 is 0. The first kappa shape index (κ1) is 22.9. The molecule has 0 aromatic heterocycles. The second kappa shape index (κ2) is 11.5. The van der Waals surface area contributed by atoms with Gasteiger partial charge in [0.2, 0.25) is 0 Å². The summed E-state index contributed by atoms with van der Waals surface area (Å²) in [7, 11) is 0. The summed E-state index contributed by atoms with van der Waals surface area (Å²) >= 11 is 0. The average molecular weight is 327 g/mol. The molecule has 1 heterocycles. The smallest absolute Gasteiger partial charge is 0.00140 e. The van der Waals surface area contributed by atoms with Crippen LogP contribution in [0.4, 0.5) is 0 Å². The summed E-state index contributed by atoms with van der Waals surface area (Å²) in [6, 6.07) is 0. The molecule has 0 aromatic carbocycles. The Morgan fingerprint density at radius 1 is 0.826 bits per heavy atom. The average Bonchev–Trinajstić information content (AvgIpc) is 2.46. The molecule has 1 aliphatic rings. The van der Waals surface area contributed by atoms with E-state index < -0.39 is 0 Å². The number of hydrogen-bond donors (Lipinski definition) is 1. The standard InChI is InChI=1S/C11H23N.C10H23N/c1-11(2,3)7-4-10-5-8-12-9-6-10;1-6-11(7-2)9-8-10(3,4)5/h10,12H,4-9H2,1-3H3;6-9H2,1-5H3. The van der Waals surface area contributed by atoms with E-state index in [0.29, 0.717) is 10.8 Å². The molecule has 140 valence electrons. The molecular weight excluding hydrogens is 280 g/mol. The van der Waals surface area contributed by atoms with Gasteiger partial charge >= 0.3 is 0 Å². The van der Waals surface area contributed by atoms with E-state index in [1.54, 1.807) is 0 Å². The SMILES string of the molecule is CC(C)(C)CCC1CCNCC1.CCN(CC)CCC(C)(C)C. The summed E-state index contributed by atoms with van der Waals surface area (Å²) in [6.07, 6.45) is 6.92. The quantitative estimate of drug-likeness (QED) is 0.685. The number of hydrogen-bond acceptors (Lipinski definition) is 2. The molecule has 0 unspecified atom stereocenters. The Morgan fingerprint density at radius 2 is 1.30 bits per heavy atom. The molecule has 0 spiro atoms. The zero-order chi connectivity index (χ0) is 17.9. The Bertz CT molecular complexity index is 263. The maximum atomic E-state index is 3.41. The third-order valence-electron chi connectivity index (χ3n) is 4.83. The lowest BCUT2D eigenvalue weighted by molar-refractivity contribution is 0.246. The van der Waals surface area contributed by atoms with Crippen molar-refractivity contribution in [1.82, 2.24) is 10.2 Å². The largest absolute Gasteiger partial charge is 0.317 e. The first-order valence-electron chi connectivity index (χ1n) is 10.0. The predicted molar refractivity (Wildman–Crippen MR) is 106 cm³/mol. The fraction of sp³-hybridized carbons (Fsp3) is 1.00. The molecule has 1 rings (SSSR count). The minimum atomic E-state index is 0.489. The van der Waals surface area contributed by atoms with Crippen molar-refractivity contribution >= 4 is 0 Å². The van der Waals surface area contributed by atoms with Crippen LogP contribution in [-0.4, -0.2) is 37.6 Å². The summed E-state index contributed by atoms with van der Waals surface area (Å²) in [4.78, 5) is 2.48. The number of rotatable bonds is 6. The van der Waals surface area contributed by atoms with E-state index in [2.05, 4.69) is 65.6 Å². The molecule has 0 atom stereocenters. The Balaban J connectivity index is 0.000000423. The van der Waals surface area contributed by atoms with Crippen LogP contribution in [0.2, 0.25) is 0 Å². The van der Waals surface area contributed by atoms with Crippen molar-refractivity contribution in [2.24, 2.45) is 16.7 Å². The molecule has 0 bridgehead atoms. The third kappa shape index (κ3) is 15.2. The summed E-state index contributed by atoms with van der Waals surface area (Å²) in [5, 5.41) is 3.41. The van der Waals surface area contributed by atoms with Crippen LogP contribution in [0.5, 0.6) is 0 Å². The van der Waals surface area contributed by atoms with Gasteiger partial charge in [0.05, 0.1) is 0 Å². The summed E-state index contributed by atoms with van der Waals surface area (Å²) in [5.41, 5.74) is 1.02. The van der Waals surface area contributed by atoms with Gasteiger partial charge in [-0.1, -0.05) is 55.4 Å². The molecule has 2 nitrogen and oxygen atoms in total. The zero-order valence-corrected chi connectivity index (χ0v) is 17.6. The highest BCUT2D eigenvalue weighted by molar-refractivity contribution is 4.71. The lowest BCUT2D eigenvalue weighted by Crippen LogP contribution is -2.28. The van der Waals surface area contributed by atoms with Gasteiger partial charge in [-0.15, -0.1) is 0 Å². The monoisotopic (exact) mass is 326 g/mol. The Labute approximate surface area is 147 Å². The highest BCUT2D eigenvalue weighted by Gasteiger charge is 2.17. The lowest BCUT2D eigenvalue weighted by Gasteiger charge is -2.26. The van der Waals surface area contributed by atoms with Crippen molar-refractivity contribution in [1.29, 1.82) is 0 Å². The van der Waals surface area contributed by atoms with Gasteiger partial charge in [-0.2, -0.15) is 0 Å². The topological polar surface area (TPSA) is 15.3 Å². The maximum Gasteiger partial charge on any atom is -0.00140 e. The van der Waals surface area contributed by atoms with Crippen molar-refractivity contribution in [3.8, 4) is 0 Å². The molecular formula is C21H46N2. The number of piperidine rings is 1. The van der Waals surface area contributed by atoms with Gasteiger partial charge in [0.15, 0.2) is 0 Å². The molecule has 1 fully saturated rings. The van der Waals surface area contributed by atoms with Crippen molar-refractivity contribution in [2.45, 2.75) is 87.5 Å². The Hall–Kier alpha value is -0.0800. The Kier molecular flexibility index (Phi) is 11.4. The predicted octanol–water partition coefficient (Wildman–Crippen LogP) is 5.58. The summed E-state index contributed by atoms with van der Waals surface area (Å²) in [5.74, 6) is 1.01. The first-order chi connectivity index (χ1) is 10.6. The van der Waals surface area contributed by atoms with E-state index in [9.17, 15) is 0 Å². The number of nitrogens with one attached hydrogen (secondary N) is 1. The van der Waals surface area contributed by atoms with Crippen LogP contribution in [0.25, 0.3) is 0 Å². The van der Waals surface area contributed by atoms with Gasteiger partial charge in [-0.25, -0.2) is 0 Å². The molecule has 1 aliphatic heterocycles. The van der Waals surface area contributed by atoms with Crippen LogP contribution in [0.15, 0.2) is 0 Å². The molecule has 1 saturated heterocycles. The zero-order valence-electron chi connectivity index (χ0n) is 17.6. The van der Waals surface area contributed by atoms with Crippen LogP contribution in [0.3, 0.4) is 0 Å². The van der Waals surface area contributed by atoms with E-state index in [0.717, 1.165) is 5.92 Å². The highest BCUT2D eigenvalue weighted by atomic mass is 15.1. The second-order valence-electron chi connectivity index (χ2n) is 9.63. The maximum absolute atomic E-state index is 3.41. The minimum absolute atomic E-state index is 0.489. The van der Waals surface area contributed by atoms with Crippen molar-refractivity contribution in [3.63, 3.8) is 0 Å². The molecule has 23 heavy (non-hydrogen) atoms. The Morgan fingerprint density at radius 3 is 1.70 bits per heavy atom. The van der Waals surface area contributed by atoms with Gasteiger partial charge in [-0.05, 0) is 81.6 Å². The van der Waals surface area contributed by atoms with E-state index in [1.165, 1.54) is 64.8 Å². The summed E-state index contributed by atoms with van der Waals surface area (Å²) in [6.45, 7) is 24.5. The van der Waals surface area contributed by atoms with Gasteiger partial charge in [-0.3, -0.25) is 0 Å². The molecule has 1 N–H and O–H groups in total. The van der Waals surface area contributed by atoms with Crippen LogP contribution in [0, 0.1) is 16.7 Å². The molecule has 0 radical (unpaired) electrons. The first-order valence-corrected chi connectivity index (χ1v) is 10.0. The highest BCUT2D eigenvalue weighted by Crippen LogP contribution is 2.27. The molecule has 0 saturated carbocycles. The van der Waals surface area contributed by atoms with Crippen LogP contribution < -0.4 is 5.32 Å². The van der Waals surface area contributed by atoms with Crippen LogP contribution in [0.1, 0.15) is 87.5 Å². The minimum Gasteiger partial charge on any atom is -0.317 e.